The van der Waals surface area contributed by atoms with Crippen LogP contribution < -0.4 is 16.0 Å². The summed E-state index contributed by atoms with van der Waals surface area (Å²) in [6.07, 6.45) is 3.91. The van der Waals surface area contributed by atoms with E-state index < -0.39 is 29.9 Å². The van der Waals surface area contributed by atoms with Crippen LogP contribution in [0.5, 0.6) is 0 Å². The van der Waals surface area contributed by atoms with Crippen LogP contribution in [0.25, 0.3) is 0 Å². The van der Waals surface area contributed by atoms with Crippen molar-refractivity contribution in [2.75, 3.05) is 10.2 Å². The standard InChI is InChI=1S/C21H18FN5O3/c22-14-3-1-13(2-4-14)20-26-19-18(15(21(29)30)7-10-25-19)27(20)16(11-17(23)28)12-5-8-24-9-6-12/h1-10,16,20H,11H2,(H2,23,28)(H,25,26)(H,29,30). The summed E-state index contributed by atoms with van der Waals surface area (Å²) in [7, 11) is 0. The number of amides is 1. The zero-order valence-corrected chi connectivity index (χ0v) is 15.7. The zero-order valence-electron chi connectivity index (χ0n) is 15.7. The molecule has 2 unspecified atom stereocenters. The van der Waals surface area contributed by atoms with Crippen molar-refractivity contribution in [2.24, 2.45) is 5.73 Å². The highest BCUT2D eigenvalue weighted by Gasteiger charge is 2.40. The van der Waals surface area contributed by atoms with Crippen LogP contribution in [0.4, 0.5) is 15.9 Å². The molecule has 0 aliphatic carbocycles. The second-order valence-electron chi connectivity index (χ2n) is 6.83. The predicted octanol–water partition coefficient (Wildman–Crippen LogP) is 2.86. The number of hydrogen-bond donors (Lipinski definition) is 3. The van der Waals surface area contributed by atoms with Gasteiger partial charge in [-0.2, -0.15) is 0 Å². The maximum Gasteiger partial charge on any atom is 0.338 e. The van der Waals surface area contributed by atoms with Crippen LogP contribution in [-0.4, -0.2) is 27.0 Å². The highest BCUT2D eigenvalue weighted by molar-refractivity contribution is 5.99. The molecule has 152 valence electrons. The third-order valence-corrected chi connectivity index (χ3v) is 4.97. The molecule has 9 heteroatoms. The van der Waals surface area contributed by atoms with Gasteiger partial charge in [-0.05, 0) is 41.5 Å². The van der Waals surface area contributed by atoms with Gasteiger partial charge in [-0.25, -0.2) is 14.2 Å². The van der Waals surface area contributed by atoms with Crippen LogP contribution in [0, 0.1) is 5.82 Å². The van der Waals surface area contributed by atoms with E-state index in [1.54, 1.807) is 41.6 Å². The predicted molar refractivity (Wildman–Crippen MR) is 107 cm³/mol. The number of nitrogens with one attached hydrogen (secondary N) is 1. The van der Waals surface area contributed by atoms with Crippen molar-refractivity contribution < 1.29 is 19.1 Å². The number of hydrogen-bond acceptors (Lipinski definition) is 6. The Hall–Kier alpha value is -4.01. The van der Waals surface area contributed by atoms with Crippen LogP contribution in [-0.2, 0) is 4.79 Å². The number of rotatable bonds is 6. The van der Waals surface area contributed by atoms with E-state index in [-0.39, 0.29) is 12.0 Å². The van der Waals surface area contributed by atoms with Crippen molar-refractivity contribution in [3.63, 3.8) is 0 Å². The molecule has 3 heterocycles. The number of anilines is 2. The SMILES string of the molecule is NC(=O)CC(c1ccncc1)N1c2c(C(=O)O)ccnc2NC1c1ccc(F)cc1. The molecule has 0 saturated carbocycles. The average molecular weight is 407 g/mol. The van der Waals surface area contributed by atoms with Crippen LogP contribution in [0.2, 0.25) is 0 Å². The van der Waals surface area contributed by atoms with Crippen molar-refractivity contribution in [3.05, 3.63) is 83.6 Å². The Morgan fingerprint density at radius 2 is 1.83 bits per heavy atom. The molecule has 4 rings (SSSR count). The number of nitrogens with zero attached hydrogens (tertiary/aromatic N) is 3. The van der Waals surface area contributed by atoms with Crippen molar-refractivity contribution in [1.82, 2.24) is 9.97 Å². The topological polar surface area (TPSA) is 121 Å². The summed E-state index contributed by atoms with van der Waals surface area (Å²) in [6, 6.07) is 10.1. The zero-order chi connectivity index (χ0) is 21.3. The van der Waals surface area contributed by atoms with Gasteiger partial charge in [-0.15, -0.1) is 0 Å². The molecule has 0 saturated heterocycles. The van der Waals surface area contributed by atoms with E-state index in [2.05, 4.69) is 15.3 Å². The number of carbonyl (C=O) groups excluding carboxylic acids is 1. The fourth-order valence-electron chi connectivity index (χ4n) is 3.70. The fraction of sp³-hybridized carbons (Fsp3) is 0.143. The lowest BCUT2D eigenvalue weighted by Gasteiger charge is -2.35. The van der Waals surface area contributed by atoms with Gasteiger partial charge in [0.15, 0.2) is 5.82 Å². The lowest BCUT2D eigenvalue weighted by atomic mass is 9.99. The van der Waals surface area contributed by atoms with Crippen molar-refractivity contribution in [1.29, 1.82) is 0 Å². The molecule has 0 fully saturated rings. The Balaban J connectivity index is 1.92. The molecule has 1 aromatic carbocycles. The number of primary amides is 1. The molecular formula is C21H18FN5O3. The molecule has 4 N–H and O–H groups in total. The van der Waals surface area contributed by atoms with E-state index in [0.717, 1.165) is 5.56 Å². The van der Waals surface area contributed by atoms with Gasteiger partial charge in [0.25, 0.3) is 0 Å². The third kappa shape index (κ3) is 3.52. The maximum atomic E-state index is 13.5. The van der Waals surface area contributed by atoms with E-state index in [9.17, 15) is 19.1 Å². The van der Waals surface area contributed by atoms with E-state index in [0.29, 0.717) is 17.1 Å². The molecule has 2 aromatic heterocycles. The number of carboxylic acids is 1. The minimum atomic E-state index is -1.13. The first kappa shape index (κ1) is 19.3. The molecular weight excluding hydrogens is 389 g/mol. The lowest BCUT2D eigenvalue weighted by molar-refractivity contribution is -0.118. The number of benzene rings is 1. The summed E-state index contributed by atoms with van der Waals surface area (Å²) in [4.78, 5) is 33.9. The van der Waals surface area contributed by atoms with E-state index in [1.807, 2.05) is 0 Å². The molecule has 2 atom stereocenters. The first-order chi connectivity index (χ1) is 14.5. The van der Waals surface area contributed by atoms with Gasteiger partial charge in [0.2, 0.25) is 5.91 Å². The molecule has 0 spiro atoms. The normalized spacial score (nSPS) is 15.9. The Morgan fingerprint density at radius 1 is 1.13 bits per heavy atom. The number of aromatic nitrogens is 2. The van der Waals surface area contributed by atoms with Gasteiger partial charge in [-0.1, -0.05) is 12.1 Å². The number of carboxylic acid groups (broad SMARTS) is 1. The highest BCUT2D eigenvalue weighted by Crippen LogP contribution is 2.47. The number of halogens is 1. The quantitative estimate of drug-likeness (QED) is 0.574. The number of aromatic carboxylic acids is 1. The molecule has 0 radical (unpaired) electrons. The van der Waals surface area contributed by atoms with Crippen molar-refractivity contribution in [3.8, 4) is 0 Å². The molecule has 30 heavy (non-hydrogen) atoms. The maximum absolute atomic E-state index is 13.5. The summed E-state index contributed by atoms with van der Waals surface area (Å²) in [5.41, 5.74) is 7.30. The monoisotopic (exact) mass is 407 g/mol. The van der Waals surface area contributed by atoms with Gasteiger partial charge in [0.05, 0.1) is 23.7 Å². The minimum absolute atomic E-state index is 0.0284. The fourth-order valence-corrected chi connectivity index (χ4v) is 3.70. The summed E-state index contributed by atoms with van der Waals surface area (Å²) >= 11 is 0. The van der Waals surface area contributed by atoms with Gasteiger partial charge in [0, 0.05) is 18.6 Å². The van der Waals surface area contributed by atoms with Crippen LogP contribution in [0.1, 0.15) is 40.1 Å². The molecule has 8 nitrogen and oxygen atoms in total. The summed E-state index contributed by atoms with van der Waals surface area (Å²) in [5.74, 6) is -1.72. The van der Waals surface area contributed by atoms with E-state index in [1.165, 1.54) is 24.4 Å². The minimum Gasteiger partial charge on any atom is -0.478 e. The molecule has 3 aromatic rings. The first-order valence-corrected chi connectivity index (χ1v) is 9.16. The van der Waals surface area contributed by atoms with E-state index in [4.69, 9.17) is 5.73 Å². The van der Waals surface area contributed by atoms with Crippen LogP contribution in [0.15, 0.2) is 61.1 Å². The van der Waals surface area contributed by atoms with Crippen LogP contribution in [0.3, 0.4) is 0 Å². The molecule has 1 aliphatic heterocycles. The number of carbonyl (C=O) groups is 2. The Morgan fingerprint density at radius 3 is 2.47 bits per heavy atom. The van der Waals surface area contributed by atoms with Crippen molar-refractivity contribution in [2.45, 2.75) is 18.6 Å². The van der Waals surface area contributed by atoms with E-state index >= 15 is 0 Å². The molecule has 0 bridgehead atoms. The Labute approximate surface area is 171 Å². The Bertz CT molecular complexity index is 1090. The van der Waals surface area contributed by atoms with Gasteiger partial charge >= 0.3 is 5.97 Å². The number of fused-ring (bicyclic) bond motifs is 1. The lowest BCUT2D eigenvalue weighted by Crippen LogP contribution is -2.35. The smallest absolute Gasteiger partial charge is 0.338 e. The summed E-state index contributed by atoms with van der Waals surface area (Å²) in [6.45, 7) is 0. The van der Waals surface area contributed by atoms with Gasteiger partial charge in [-0.3, -0.25) is 9.78 Å². The largest absolute Gasteiger partial charge is 0.478 e. The molecule has 1 amide bonds. The average Bonchev–Trinajstić information content (AvgIpc) is 3.12. The number of pyridine rings is 2. The Kier molecular flexibility index (Phi) is 5.01. The first-order valence-electron chi connectivity index (χ1n) is 9.16. The molecule has 1 aliphatic rings. The summed E-state index contributed by atoms with van der Waals surface area (Å²) < 4.78 is 13.5. The van der Waals surface area contributed by atoms with Gasteiger partial charge < -0.3 is 21.1 Å². The van der Waals surface area contributed by atoms with Gasteiger partial charge in [0.1, 0.15) is 12.0 Å². The number of nitrogens with two attached hydrogens (primary N) is 1. The summed E-state index contributed by atoms with van der Waals surface area (Å²) in [5, 5.41) is 13.0. The second-order valence-corrected chi connectivity index (χ2v) is 6.83. The highest BCUT2D eigenvalue weighted by atomic mass is 19.1. The third-order valence-electron chi connectivity index (χ3n) is 4.97. The van der Waals surface area contributed by atoms with Crippen LogP contribution >= 0.6 is 0 Å². The van der Waals surface area contributed by atoms with Crippen molar-refractivity contribution >= 4 is 23.4 Å². The second kappa shape index (κ2) is 7.78.